The minimum atomic E-state index is -1.10. The maximum Gasteiger partial charge on any atom is 0.162 e. The Hall–Kier alpha value is -1.81. The molecule has 0 radical (unpaired) electrons. The molecule has 3 rings (SSSR count). The van der Waals surface area contributed by atoms with E-state index < -0.39 is 5.60 Å². The number of benzene rings is 1. The number of allylic oxidation sites excluding steroid dienone is 1. The molecule has 0 fully saturated rings. The molecule has 0 saturated carbocycles. The van der Waals surface area contributed by atoms with E-state index in [9.17, 15) is 9.90 Å². The Morgan fingerprint density at radius 1 is 1.30 bits per heavy atom. The average Bonchev–Trinajstić information content (AvgIpc) is 2.55. The van der Waals surface area contributed by atoms with Crippen LogP contribution in [0.3, 0.4) is 0 Å². The lowest BCUT2D eigenvalue weighted by Crippen LogP contribution is -2.39. The van der Waals surface area contributed by atoms with E-state index in [4.69, 9.17) is 9.47 Å². The summed E-state index contributed by atoms with van der Waals surface area (Å²) < 4.78 is 11.1. The first-order valence-electron chi connectivity index (χ1n) is 8.38. The van der Waals surface area contributed by atoms with Crippen molar-refractivity contribution in [3.8, 4) is 5.75 Å². The molecule has 0 bridgehead atoms. The van der Waals surface area contributed by atoms with E-state index in [1.807, 2.05) is 31.2 Å². The predicted octanol–water partition coefficient (Wildman–Crippen LogP) is 3.34. The van der Waals surface area contributed by atoms with Crippen LogP contribution in [0.2, 0.25) is 0 Å². The lowest BCUT2D eigenvalue weighted by atomic mass is 9.72. The summed E-state index contributed by atoms with van der Waals surface area (Å²) in [5, 5.41) is 11.2. The highest BCUT2D eigenvalue weighted by Gasteiger charge is 2.43. The number of ether oxygens (including phenoxy) is 2. The fourth-order valence-corrected chi connectivity index (χ4v) is 3.64. The first kappa shape index (κ1) is 16.1. The van der Waals surface area contributed by atoms with Crippen molar-refractivity contribution in [3.63, 3.8) is 0 Å². The molecule has 0 spiro atoms. The molecule has 1 aliphatic heterocycles. The molecule has 23 heavy (non-hydrogen) atoms. The van der Waals surface area contributed by atoms with Crippen LogP contribution in [0.5, 0.6) is 5.75 Å². The number of rotatable bonds is 4. The Labute approximate surface area is 137 Å². The largest absolute Gasteiger partial charge is 0.497 e. The van der Waals surface area contributed by atoms with Crippen molar-refractivity contribution < 1.29 is 19.4 Å². The van der Waals surface area contributed by atoms with E-state index in [1.54, 1.807) is 6.92 Å². The van der Waals surface area contributed by atoms with Gasteiger partial charge in [-0.25, -0.2) is 0 Å². The second kappa shape index (κ2) is 6.36. The van der Waals surface area contributed by atoms with Crippen molar-refractivity contribution >= 4 is 5.78 Å². The molecule has 0 aromatic heterocycles. The van der Waals surface area contributed by atoms with Crippen LogP contribution < -0.4 is 4.74 Å². The smallest absolute Gasteiger partial charge is 0.162 e. The SMILES string of the molecule is CCOc1ccc(C(C)(O)C2CCOC3=C2C(=O)CCC3)cc1. The maximum absolute atomic E-state index is 12.4. The summed E-state index contributed by atoms with van der Waals surface area (Å²) in [7, 11) is 0. The highest BCUT2D eigenvalue weighted by molar-refractivity contribution is 5.97. The van der Waals surface area contributed by atoms with Crippen LogP contribution in [0.25, 0.3) is 0 Å². The Balaban J connectivity index is 1.93. The van der Waals surface area contributed by atoms with Crippen molar-refractivity contribution in [2.75, 3.05) is 13.2 Å². The standard InChI is InChI=1S/C19H24O4/c1-3-22-14-9-7-13(8-10-14)19(2,21)15-11-12-23-17-6-4-5-16(20)18(15)17/h7-10,15,21H,3-6,11-12H2,1-2H3. The van der Waals surface area contributed by atoms with E-state index in [2.05, 4.69) is 0 Å². The van der Waals surface area contributed by atoms with Gasteiger partial charge in [0.25, 0.3) is 0 Å². The number of Topliss-reactive ketones (excluding diaryl/α,β-unsaturated/α-hetero) is 1. The zero-order valence-corrected chi connectivity index (χ0v) is 13.8. The summed E-state index contributed by atoms with van der Waals surface area (Å²) in [6.07, 6.45) is 2.86. The van der Waals surface area contributed by atoms with Gasteiger partial charge in [0.1, 0.15) is 11.5 Å². The summed E-state index contributed by atoms with van der Waals surface area (Å²) in [4.78, 5) is 12.4. The molecular formula is C19H24O4. The summed E-state index contributed by atoms with van der Waals surface area (Å²) in [5.74, 6) is 1.50. The van der Waals surface area contributed by atoms with E-state index in [-0.39, 0.29) is 11.7 Å². The number of ketones is 1. The summed E-state index contributed by atoms with van der Waals surface area (Å²) in [6.45, 7) is 4.91. The van der Waals surface area contributed by atoms with Gasteiger partial charge in [-0.3, -0.25) is 4.79 Å². The molecule has 2 unspecified atom stereocenters. The lowest BCUT2D eigenvalue weighted by molar-refractivity contribution is -0.119. The van der Waals surface area contributed by atoms with Gasteiger partial charge in [-0.2, -0.15) is 0 Å². The van der Waals surface area contributed by atoms with Gasteiger partial charge in [0.15, 0.2) is 5.78 Å². The molecule has 1 aromatic rings. The van der Waals surface area contributed by atoms with Crippen LogP contribution in [0, 0.1) is 5.92 Å². The van der Waals surface area contributed by atoms with E-state index in [0.717, 1.165) is 29.9 Å². The van der Waals surface area contributed by atoms with Gasteiger partial charge >= 0.3 is 0 Å². The van der Waals surface area contributed by atoms with Crippen LogP contribution in [0.1, 0.15) is 45.1 Å². The zero-order chi connectivity index (χ0) is 16.4. The first-order valence-corrected chi connectivity index (χ1v) is 8.38. The first-order chi connectivity index (χ1) is 11.0. The minimum absolute atomic E-state index is 0.127. The molecule has 124 valence electrons. The fraction of sp³-hybridized carbons (Fsp3) is 0.526. The highest BCUT2D eigenvalue weighted by atomic mass is 16.5. The third-order valence-electron chi connectivity index (χ3n) is 4.87. The van der Waals surface area contributed by atoms with Crippen molar-refractivity contribution in [1.82, 2.24) is 0 Å². The van der Waals surface area contributed by atoms with Crippen LogP contribution in [0.15, 0.2) is 35.6 Å². The molecule has 4 nitrogen and oxygen atoms in total. The molecule has 1 aliphatic carbocycles. The molecule has 1 aromatic carbocycles. The second-order valence-corrected chi connectivity index (χ2v) is 6.41. The van der Waals surface area contributed by atoms with Gasteiger partial charge in [-0.1, -0.05) is 12.1 Å². The van der Waals surface area contributed by atoms with Crippen LogP contribution in [0.4, 0.5) is 0 Å². The molecule has 1 N–H and O–H groups in total. The fourth-order valence-electron chi connectivity index (χ4n) is 3.64. The number of hydrogen-bond acceptors (Lipinski definition) is 4. The summed E-state index contributed by atoms with van der Waals surface area (Å²) >= 11 is 0. The third kappa shape index (κ3) is 3.00. The predicted molar refractivity (Wildman–Crippen MR) is 87.1 cm³/mol. The Morgan fingerprint density at radius 3 is 2.74 bits per heavy atom. The number of aliphatic hydroxyl groups is 1. The van der Waals surface area contributed by atoms with Gasteiger partial charge in [0.2, 0.25) is 0 Å². The van der Waals surface area contributed by atoms with Crippen molar-refractivity contribution in [1.29, 1.82) is 0 Å². The molecule has 0 saturated heterocycles. The van der Waals surface area contributed by atoms with Gasteiger partial charge in [-0.15, -0.1) is 0 Å². The van der Waals surface area contributed by atoms with Gasteiger partial charge in [-0.05, 0) is 44.4 Å². The number of carbonyl (C=O) groups excluding carboxylic acids is 1. The molecule has 2 atom stereocenters. The summed E-state index contributed by atoms with van der Waals surface area (Å²) in [5.41, 5.74) is 0.418. The average molecular weight is 316 g/mol. The monoisotopic (exact) mass is 316 g/mol. The molecular weight excluding hydrogens is 292 g/mol. The van der Waals surface area contributed by atoms with E-state index in [0.29, 0.717) is 31.6 Å². The molecule has 4 heteroatoms. The highest BCUT2D eigenvalue weighted by Crippen LogP contribution is 2.43. The van der Waals surface area contributed by atoms with Gasteiger partial charge < -0.3 is 14.6 Å². The lowest BCUT2D eigenvalue weighted by Gasteiger charge is -2.39. The third-order valence-corrected chi connectivity index (χ3v) is 4.87. The van der Waals surface area contributed by atoms with Crippen molar-refractivity contribution in [2.45, 2.75) is 45.1 Å². The maximum atomic E-state index is 12.4. The van der Waals surface area contributed by atoms with Crippen molar-refractivity contribution in [3.05, 3.63) is 41.2 Å². The Morgan fingerprint density at radius 2 is 2.04 bits per heavy atom. The Bertz CT molecular complexity index is 609. The molecule has 1 heterocycles. The number of hydrogen-bond donors (Lipinski definition) is 1. The van der Waals surface area contributed by atoms with Crippen LogP contribution >= 0.6 is 0 Å². The van der Waals surface area contributed by atoms with Crippen LogP contribution in [-0.2, 0) is 15.1 Å². The van der Waals surface area contributed by atoms with Gasteiger partial charge in [0.05, 0.1) is 18.8 Å². The van der Waals surface area contributed by atoms with Gasteiger partial charge in [0, 0.05) is 24.3 Å². The minimum Gasteiger partial charge on any atom is -0.497 e. The second-order valence-electron chi connectivity index (χ2n) is 6.41. The quantitative estimate of drug-likeness (QED) is 0.925. The molecule has 2 aliphatic rings. The van der Waals surface area contributed by atoms with E-state index >= 15 is 0 Å². The molecule has 0 amide bonds. The topological polar surface area (TPSA) is 55.8 Å². The van der Waals surface area contributed by atoms with Crippen molar-refractivity contribution in [2.24, 2.45) is 5.92 Å². The Kier molecular flexibility index (Phi) is 4.44. The summed E-state index contributed by atoms with van der Waals surface area (Å²) in [6, 6.07) is 7.50. The number of carbonyl (C=O) groups is 1. The van der Waals surface area contributed by atoms with Crippen LogP contribution in [-0.4, -0.2) is 24.1 Å². The van der Waals surface area contributed by atoms with E-state index in [1.165, 1.54) is 0 Å². The normalized spacial score (nSPS) is 23.8. The zero-order valence-electron chi connectivity index (χ0n) is 13.8.